The molecule has 2 aromatic carbocycles. The average molecular weight is 511 g/mol. The molecule has 4 nitrogen and oxygen atoms in total. The number of nitrogens with zero attached hydrogens (tertiary/aromatic N) is 1. The van der Waals surface area contributed by atoms with E-state index in [4.69, 9.17) is 62.7 Å². The number of rotatable bonds is 5. The molecule has 0 atom stereocenters. The van der Waals surface area contributed by atoms with E-state index in [2.05, 4.69) is 10.3 Å². The van der Waals surface area contributed by atoms with Crippen molar-refractivity contribution in [3.8, 4) is 17.0 Å². The second-order valence-electron chi connectivity index (χ2n) is 6.03. The van der Waals surface area contributed by atoms with Gasteiger partial charge in [-0.15, -0.1) is 11.3 Å². The standard InChI is InChI=1S/C19H13Cl5N2O2S/c1-8-3-5-10(6-4-8)17-9(2)29-19(26-17)25-11(27)7-28-18-15(23)13(21)12(20)14(22)16(18)24/h3-6H,7H2,1-2H3,(H,25,26,27). The van der Waals surface area contributed by atoms with E-state index in [1.807, 2.05) is 38.1 Å². The fourth-order valence-electron chi connectivity index (χ4n) is 2.43. The van der Waals surface area contributed by atoms with Crippen molar-refractivity contribution in [3.05, 3.63) is 59.8 Å². The van der Waals surface area contributed by atoms with Gasteiger partial charge >= 0.3 is 0 Å². The largest absolute Gasteiger partial charge is 0.481 e. The van der Waals surface area contributed by atoms with E-state index in [9.17, 15) is 4.79 Å². The van der Waals surface area contributed by atoms with Crippen molar-refractivity contribution in [2.24, 2.45) is 0 Å². The van der Waals surface area contributed by atoms with Crippen LogP contribution in [0.5, 0.6) is 5.75 Å². The maximum absolute atomic E-state index is 12.3. The van der Waals surface area contributed by atoms with E-state index in [0.29, 0.717) is 5.13 Å². The highest BCUT2D eigenvalue weighted by atomic mass is 35.5. The number of thiazole rings is 1. The van der Waals surface area contributed by atoms with E-state index in [-0.39, 0.29) is 37.5 Å². The molecule has 0 spiro atoms. The van der Waals surface area contributed by atoms with Crippen LogP contribution in [0.3, 0.4) is 0 Å². The molecule has 3 rings (SSSR count). The predicted octanol–water partition coefficient (Wildman–Crippen LogP) is 7.71. The Bertz CT molecular complexity index is 1050. The zero-order valence-corrected chi connectivity index (χ0v) is 19.7. The number of aryl methyl sites for hydroxylation is 2. The number of carbonyl (C=O) groups is 1. The molecule has 0 fully saturated rings. The second-order valence-corrected chi connectivity index (χ2v) is 9.12. The van der Waals surface area contributed by atoms with E-state index >= 15 is 0 Å². The Morgan fingerprint density at radius 2 is 1.52 bits per heavy atom. The van der Waals surface area contributed by atoms with Gasteiger partial charge in [0.05, 0.1) is 20.8 Å². The average Bonchev–Trinajstić information content (AvgIpc) is 3.05. The number of ether oxygens (including phenoxy) is 1. The molecule has 1 aromatic heterocycles. The molecule has 0 radical (unpaired) electrons. The molecule has 0 aliphatic heterocycles. The first-order valence-electron chi connectivity index (χ1n) is 8.17. The van der Waals surface area contributed by atoms with Gasteiger partial charge in [0.15, 0.2) is 17.5 Å². The minimum atomic E-state index is -0.441. The summed E-state index contributed by atoms with van der Waals surface area (Å²) in [6.45, 7) is 3.59. The van der Waals surface area contributed by atoms with Gasteiger partial charge in [-0.2, -0.15) is 0 Å². The van der Waals surface area contributed by atoms with E-state index < -0.39 is 5.91 Å². The zero-order valence-electron chi connectivity index (χ0n) is 15.1. The van der Waals surface area contributed by atoms with Gasteiger partial charge in [-0.1, -0.05) is 87.8 Å². The van der Waals surface area contributed by atoms with Crippen LogP contribution >= 0.6 is 69.3 Å². The van der Waals surface area contributed by atoms with Crippen molar-refractivity contribution in [2.45, 2.75) is 13.8 Å². The lowest BCUT2D eigenvalue weighted by atomic mass is 10.1. The molecule has 29 heavy (non-hydrogen) atoms. The number of nitrogens with one attached hydrogen (secondary N) is 1. The summed E-state index contributed by atoms with van der Waals surface area (Å²) in [5, 5.41) is 3.12. The molecule has 0 aliphatic carbocycles. The van der Waals surface area contributed by atoms with Crippen LogP contribution in [0.25, 0.3) is 11.3 Å². The predicted molar refractivity (Wildman–Crippen MR) is 123 cm³/mol. The molecule has 0 unspecified atom stereocenters. The third-order valence-electron chi connectivity index (χ3n) is 3.89. The summed E-state index contributed by atoms with van der Waals surface area (Å²) in [6.07, 6.45) is 0. The Hall–Kier alpha value is -1.21. The van der Waals surface area contributed by atoms with Crippen molar-refractivity contribution in [1.82, 2.24) is 4.98 Å². The molecule has 1 N–H and O–H groups in total. The summed E-state index contributed by atoms with van der Waals surface area (Å²) in [4.78, 5) is 17.8. The highest BCUT2D eigenvalue weighted by molar-refractivity contribution is 7.16. The number of anilines is 1. The summed E-state index contributed by atoms with van der Waals surface area (Å²) < 4.78 is 5.43. The number of hydrogen-bond donors (Lipinski definition) is 1. The first-order chi connectivity index (χ1) is 13.7. The molecule has 0 saturated heterocycles. The molecular formula is C19H13Cl5N2O2S. The lowest BCUT2D eigenvalue weighted by Crippen LogP contribution is -2.20. The third kappa shape index (κ3) is 4.93. The summed E-state index contributed by atoms with van der Waals surface area (Å²) in [7, 11) is 0. The van der Waals surface area contributed by atoms with Crippen LogP contribution < -0.4 is 10.1 Å². The van der Waals surface area contributed by atoms with Crippen LogP contribution in [0.1, 0.15) is 10.4 Å². The van der Waals surface area contributed by atoms with Crippen molar-refractivity contribution in [3.63, 3.8) is 0 Å². The van der Waals surface area contributed by atoms with Gasteiger partial charge < -0.3 is 4.74 Å². The number of amides is 1. The van der Waals surface area contributed by atoms with Gasteiger partial charge in [-0.3, -0.25) is 10.1 Å². The van der Waals surface area contributed by atoms with Crippen molar-refractivity contribution >= 4 is 80.4 Å². The number of hydrogen-bond acceptors (Lipinski definition) is 4. The molecule has 0 saturated carbocycles. The number of benzene rings is 2. The van der Waals surface area contributed by atoms with E-state index in [0.717, 1.165) is 21.7 Å². The van der Waals surface area contributed by atoms with Crippen LogP contribution in [0.15, 0.2) is 24.3 Å². The molecule has 3 aromatic rings. The highest BCUT2D eigenvalue weighted by Crippen LogP contribution is 2.48. The van der Waals surface area contributed by atoms with Gasteiger partial charge in [-0.05, 0) is 13.8 Å². The monoisotopic (exact) mass is 508 g/mol. The van der Waals surface area contributed by atoms with Crippen LogP contribution in [0.4, 0.5) is 5.13 Å². The quantitative estimate of drug-likeness (QED) is 0.282. The Labute approximate surface area is 196 Å². The Morgan fingerprint density at radius 3 is 2.10 bits per heavy atom. The number of aromatic nitrogens is 1. The van der Waals surface area contributed by atoms with Gasteiger partial charge in [0.25, 0.3) is 5.91 Å². The van der Waals surface area contributed by atoms with E-state index in [1.165, 1.54) is 11.3 Å². The highest BCUT2D eigenvalue weighted by Gasteiger charge is 2.21. The maximum Gasteiger partial charge on any atom is 0.264 e. The van der Waals surface area contributed by atoms with Crippen LogP contribution in [0.2, 0.25) is 25.1 Å². The molecule has 0 aliphatic rings. The molecule has 10 heteroatoms. The van der Waals surface area contributed by atoms with Crippen molar-refractivity contribution < 1.29 is 9.53 Å². The summed E-state index contributed by atoms with van der Waals surface area (Å²) in [6, 6.07) is 8.00. The molecule has 152 valence electrons. The normalized spacial score (nSPS) is 10.9. The Morgan fingerprint density at radius 1 is 0.966 bits per heavy atom. The van der Waals surface area contributed by atoms with Gasteiger partial charge in [0.1, 0.15) is 10.0 Å². The summed E-state index contributed by atoms with van der Waals surface area (Å²) >= 11 is 31.5. The second kappa shape index (κ2) is 9.29. The van der Waals surface area contributed by atoms with Crippen molar-refractivity contribution in [2.75, 3.05) is 11.9 Å². The lowest BCUT2D eigenvalue weighted by molar-refractivity contribution is -0.118. The summed E-state index contributed by atoms with van der Waals surface area (Å²) in [5.41, 5.74) is 2.95. The third-order valence-corrected chi connectivity index (χ3v) is 7.01. The van der Waals surface area contributed by atoms with Gasteiger partial charge in [0, 0.05) is 10.4 Å². The maximum atomic E-state index is 12.3. The fourth-order valence-corrected chi connectivity index (χ4v) is 4.52. The summed E-state index contributed by atoms with van der Waals surface area (Å²) in [5.74, 6) is -0.456. The van der Waals surface area contributed by atoms with Crippen LogP contribution in [-0.2, 0) is 4.79 Å². The van der Waals surface area contributed by atoms with Gasteiger partial charge in [0.2, 0.25) is 0 Å². The first-order valence-corrected chi connectivity index (χ1v) is 10.9. The number of carbonyl (C=O) groups excluding carboxylic acids is 1. The molecular weight excluding hydrogens is 498 g/mol. The molecule has 0 bridgehead atoms. The Balaban J connectivity index is 1.71. The minimum Gasteiger partial charge on any atom is -0.481 e. The molecule has 1 heterocycles. The SMILES string of the molecule is Cc1ccc(-c2nc(NC(=O)COc3c(Cl)c(Cl)c(Cl)c(Cl)c3Cl)sc2C)cc1. The topological polar surface area (TPSA) is 51.2 Å². The van der Waals surface area contributed by atoms with Crippen LogP contribution in [-0.4, -0.2) is 17.5 Å². The first kappa shape index (κ1) is 22.5. The smallest absolute Gasteiger partial charge is 0.264 e. The van der Waals surface area contributed by atoms with Crippen molar-refractivity contribution in [1.29, 1.82) is 0 Å². The van der Waals surface area contributed by atoms with E-state index in [1.54, 1.807) is 0 Å². The lowest BCUT2D eigenvalue weighted by Gasteiger charge is -2.13. The minimum absolute atomic E-state index is 0.00331. The number of halogens is 5. The fraction of sp³-hybridized carbons (Fsp3) is 0.158. The van der Waals surface area contributed by atoms with Gasteiger partial charge in [-0.25, -0.2) is 4.98 Å². The zero-order chi connectivity index (χ0) is 21.3. The molecule has 1 amide bonds. The Kier molecular flexibility index (Phi) is 7.20. The van der Waals surface area contributed by atoms with Crippen LogP contribution in [0, 0.1) is 13.8 Å².